The molecule has 1 heterocycles. The normalized spacial score (nSPS) is 18.9. The van der Waals surface area contributed by atoms with E-state index in [9.17, 15) is 4.79 Å². The zero-order chi connectivity index (χ0) is 22.8. The van der Waals surface area contributed by atoms with Crippen molar-refractivity contribution in [1.29, 1.82) is 0 Å². The Morgan fingerprint density at radius 2 is 1.81 bits per heavy atom. The summed E-state index contributed by atoms with van der Waals surface area (Å²) in [6, 6.07) is 13.4. The third-order valence-corrected chi connectivity index (χ3v) is 6.03. The van der Waals surface area contributed by atoms with E-state index in [1.807, 2.05) is 31.3 Å². The molecular weight excluding hydrogens is 410 g/mol. The quantitative estimate of drug-likeness (QED) is 0.555. The van der Waals surface area contributed by atoms with Crippen LogP contribution in [-0.2, 0) is 0 Å². The fraction of sp³-hybridized carbons (Fsp3) is 0.480. The molecule has 0 bridgehead atoms. The highest BCUT2D eigenvalue weighted by Gasteiger charge is 2.38. The monoisotopic (exact) mass is 443 g/mol. The standard InChI is InChI=1S/C25H34ClN3O2/c1-16(27-6)17-8-7-9-20(12-17)31-22-11-10-18(13-21(22)26)23(30)28-19-14-24(2,3)29-25(4,5)15-19/h7-13,16,19,27,29H,14-15H2,1-6H3,(H,28,30). The number of nitrogens with one attached hydrogen (secondary N) is 3. The second kappa shape index (κ2) is 9.19. The van der Waals surface area contributed by atoms with Crippen LogP contribution < -0.4 is 20.7 Å². The minimum absolute atomic E-state index is 0.0334. The molecule has 168 valence electrons. The maximum absolute atomic E-state index is 12.9. The van der Waals surface area contributed by atoms with Crippen molar-refractivity contribution in [1.82, 2.24) is 16.0 Å². The van der Waals surface area contributed by atoms with Crippen LogP contribution in [0.25, 0.3) is 0 Å². The fourth-order valence-electron chi connectivity index (χ4n) is 4.56. The first-order chi connectivity index (χ1) is 14.5. The summed E-state index contributed by atoms with van der Waals surface area (Å²) in [4.78, 5) is 12.9. The molecule has 0 saturated carbocycles. The molecule has 1 unspecified atom stereocenters. The average molecular weight is 444 g/mol. The number of benzene rings is 2. The zero-order valence-corrected chi connectivity index (χ0v) is 20.1. The third kappa shape index (κ3) is 6.22. The van der Waals surface area contributed by atoms with E-state index >= 15 is 0 Å². The Balaban J connectivity index is 1.70. The topological polar surface area (TPSA) is 62.4 Å². The van der Waals surface area contributed by atoms with Crippen LogP contribution in [0.15, 0.2) is 42.5 Å². The first kappa shape index (κ1) is 23.6. The minimum Gasteiger partial charge on any atom is -0.456 e. The number of ether oxygens (including phenoxy) is 1. The number of halogens is 1. The molecule has 0 aromatic heterocycles. The van der Waals surface area contributed by atoms with Crippen molar-refractivity contribution in [2.45, 2.75) is 70.6 Å². The molecule has 0 radical (unpaired) electrons. The summed E-state index contributed by atoms with van der Waals surface area (Å²) >= 11 is 6.46. The van der Waals surface area contributed by atoms with Gasteiger partial charge < -0.3 is 20.7 Å². The Morgan fingerprint density at radius 3 is 2.42 bits per heavy atom. The van der Waals surface area contributed by atoms with Crippen LogP contribution in [0, 0.1) is 0 Å². The van der Waals surface area contributed by atoms with Crippen LogP contribution in [0.3, 0.4) is 0 Å². The lowest BCUT2D eigenvalue weighted by molar-refractivity contribution is 0.0873. The smallest absolute Gasteiger partial charge is 0.251 e. The van der Waals surface area contributed by atoms with Crippen LogP contribution in [-0.4, -0.2) is 30.1 Å². The van der Waals surface area contributed by atoms with Crippen molar-refractivity contribution in [3.05, 3.63) is 58.6 Å². The molecule has 1 amide bonds. The molecule has 5 nitrogen and oxygen atoms in total. The van der Waals surface area contributed by atoms with Gasteiger partial charge in [-0.1, -0.05) is 23.7 Å². The van der Waals surface area contributed by atoms with Crippen LogP contribution >= 0.6 is 11.6 Å². The lowest BCUT2D eigenvalue weighted by Crippen LogP contribution is -2.62. The molecule has 1 saturated heterocycles. The van der Waals surface area contributed by atoms with Gasteiger partial charge in [-0.05, 0) is 90.4 Å². The summed E-state index contributed by atoms with van der Waals surface area (Å²) in [6.07, 6.45) is 1.75. The number of rotatable bonds is 6. The van der Waals surface area contributed by atoms with Crippen LogP contribution in [0.2, 0.25) is 5.02 Å². The lowest BCUT2D eigenvalue weighted by Gasteiger charge is -2.46. The largest absolute Gasteiger partial charge is 0.456 e. The van der Waals surface area contributed by atoms with Gasteiger partial charge in [-0.2, -0.15) is 0 Å². The first-order valence-corrected chi connectivity index (χ1v) is 11.2. The van der Waals surface area contributed by atoms with E-state index in [1.165, 1.54) is 0 Å². The molecule has 3 rings (SSSR count). The lowest BCUT2D eigenvalue weighted by atomic mass is 9.79. The minimum atomic E-state index is -0.114. The number of carbonyl (C=O) groups excluding carboxylic acids is 1. The number of hydrogen-bond acceptors (Lipinski definition) is 4. The Hall–Kier alpha value is -2.08. The van der Waals surface area contributed by atoms with E-state index < -0.39 is 0 Å². The summed E-state index contributed by atoms with van der Waals surface area (Å²) in [5.74, 6) is 1.12. The van der Waals surface area contributed by atoms with E-state index in [0.717, 1.165) is 18.4 Å². The maximum atomic E-state index is 12.9. The number of piperidine rings is 1. The van der Waals surface area contributed by atoms with Crippen molar-refractivity contribution in [2.24, 2.45) is 0 Å². The van der Waals surface area contributed by atoms with Crippen LogP contribution in [0.1, 0.15) is 69.4 Å². The highest BCUT2D eigenvalue weighted by molar-refractivity contribution is 6.32. The SMILES string of the molecule is CNC(C)c1cccc(Oc2ccc(C(=O)NC3CC(C)(C)NC(C)(C)C3)cc2Cl)c1. The second-order valence-electron chi connectivity index (χ2n) is 9.80. The summed E-state index contributed by atoms with van der Waals surface area (Å²) in [5.41, 5.74) is 1.59. The molecule has 3 N–H and O–H groups in total. The number of amides is 1. The van der Waals surface area contributed by atoms with Gasteiger partial charge >= 0.3 is 0 Å². The molecular formula is C25H34ClN3O2. The third-order valence-electron chi connectivity index (χ3n) is 5.74. The predicted molar refractivity (Wildman–Crippen MR) is 127 cm³/mol. The van der Waals surface area contributed by atoms with Gasteiger partial charge in [0.25, 0.3) is 5.91 Å². The van der Waals surface area contributed by atoms with Crippen LogP contribution in [0.4, 0.5) is 0 Å². The van der Waals surface area contributed by atoms with E-state index in [1.54, 1.807) is 18.2 Å². The van der Waals surface area contributed by atoms with Gasteiger partial charge in [0.2, 0.25) is 0 Å². The first-order valence-electron chi connectivity index (χ1n) is 10.8. The summed E-state index contributed by atoms with van der Waals surface area (Å²) in [6.45, 7) is 10.8. The molecule has 6 heteroatoms. The van der Waals surface area contributed by atoms with Gasteiger partial charge in [0.05, 0.1) is 5.02 Å². The van der Waals surface area contributed by atoms with Gasteiger partial charge in [0.15, 0.2) is 0 Å². The fourth-order valence-corrected chi connectivity index (χ4v) is 4.78. The van der Waals surface area contributed by atoms with Crippen LogP contribution in [0.5, 0.6) is 11.5 Å². The summed E-state index contributed by atoms with van der Waals surface area (Å²) in [7, 11) is 1.92. The van der Waals surface area contributed by atoms with E-state index in [0.29, 0.717) is 22.1 Å². The molecule has 1 fully saturated rings. The van der Waals surface area contributed by atoms with E-state index in [2.05, 4.69) is 50.6 Å². The Morgan fingerprint density at radius 1 is 1.13 bits per heavy atom. The van der Waals surface area contributed by atoms with Crippen molar-refractivity contribution >= 4 is 17.5 Å². The van der Waals surface area contributed by atoms with E-state index in [-0.39, 0.29) is 29.1 Å². The number of hydrogen-bond donors (Lipinski definition) is 3. The highest BCUT2D eigenvalue weighted by atomic mass is 35.5. The molecule has 1 aliphatic heterocycles. The average Bonchev–Trinajstić information content (AvgIpc) is 2.66. The van der Waals surface area contributed by atoms with Gasteiger partial charge in [-0.3, -0.25) is 4.79 Å². The molecule has 0 aliphatic carbocycles. The molecule has 31 heavy (non-hydrogen) atoms. The Bertz CT molecular complexity index is 926. The van der Waals surface area contributed by atoms with Gasteiger partial charge in [-0.15, -0.1) is 0 Å². The zero-order valence-electron chi connectivity index (χ0n) is 19.3. The molecule has 0 spiro atoms. The molecule has 2 aromatic carbocycles. The van der Waals surface area contributed by atoms with Gasteiger partial charge in [0.1, 0.15) is 11.5 Å². The molecule has 2 aromatic rings. The predicted octanol–water partition coefficient (Wildman–Crippen LogP) is 5.45. The van der Waals surface area contributed by atoms with Gasteiger partial charge in [0, 0.05) is 28.7 Å². The Kier molecular flexibility index (Phi) is 6.99. The van der Waals surface area contributed by atoms with Crippen molar-refractivity contribution in [2.75, 3.05) is 7.05 Å². The Labute approximate surface area is 190 Å². The maximum Gasteiger partial charge on any atom is 0.251 e. The second-order valence-corrected chi connectivity index (χ2v) is 10.2. The molecule has 1 aliphatic rings. The number of carbonyl (C=O) groups is 1. The van der Waals surface area contributed by atoms with E-state index in [4.69, 9.17) is 16.3 Å². The highest BCUT2D eigenvalue weighted by Crippen LogP contribution is 2.32. The van der Waals surface area contributed by atoms with Crippen molar-refractivity contribution in [3.8, 4) is 11.5 Å². The summed E-state index contributed by atoms with van der Waals surface area (Å²) < 4.78 is 5.98. The van der Waals surface area contributed by atoms with Crippen molar-refractivity contribution < 1.29 is 9.53 Å². The van der Waals surface area contributed by atoms with Crippen molar-refractivity contribution in [3.63, 3.8) is 0 Å². The molecule has 1 atom stereocenters. The van der Waals surface area contributed by atoms with Gasteiger partial charge in [-0.25, -0.2) is 0 Å². The summed E-state index contributed by atoms with van der Waals surface area (Å²) in [5, 5.41) is 10.4.